The van der Waals surface area contributed by atoms with Gasteiger partial charge in [0.25, 0.3) is 0 Å². The maximum absolute atomic E-state index is 13.8. The molecule has 0 unspecified atom stereocenters. The third-order valence-corrected chi connectivity index (χ3v) is 8.98. The van der Waals surface area contributed by atoms with Crippen LogP contribution < -0.4 is 15.4 Å². The number of aryl methyl sites for hydroxylation is 1. The molecule has 1 fully saturated rings. The number of likely N-dealkylation sites (tertiary alicyclic amines) is 1. The van der Waals surface area contributed by atoms with Crippen LogP contribution in [0.1, 0.15) is 61.6 Å². The average molecular weight is 681 g/mol. The number of rotatable bonds is 15. The van der Waals surface area contributed by atoms with Gasteiger partial charge in [0, 0.05) is 26.1 Å². The van der Waals surface area contributed by atoms with E-state index in [9.17, 15) is 24.3 Å². The number of carbonyl (C=O) groups excluding carboxylic acids is 3. The number of hydrogen-bond donors (Lipinski definition) is 4. The fraction of sp³-hybridized carbons (Fsp3) is 0.457. The number of carboxylic acids is 1. The Morgan fingerprint density at radius 3 is 2.35 bits per heavy atom. The minimum atomic E-state index is -1.00. The van der Waals surface area contributed by atoms with Gasteiger partial charge in [-0.15, -0.1) is 11.3 Å². The molecule has 4 N–H and O–H groups in total. The minimum Gasteiger partial charge on any atom is -0.494 e. The number of benzene rings is 2. The monoisotopic (exact) mass is 680 g/mol. The van der Waals surface area contributed by atoms with Crippen LogP contribution in [0.25, 0.3) is 10.4 Å². The Morgan fingerprint density at radius 2 is 1.73 bits per heavy atom. The first-order valence-electron chi connectivity index (χ1n) is 15.9. The molecule has 12 nitrogen and oxygen atoms in total. The number of aromatic carboxylic acids is 1. The normalized spacial score (nSPS) is 16.7. The van der Waals surface area contributed by atoms with Crippen molar-refractivity contribution in [2.75, 3.05) is 26.4 Å². The smallest absolute Gasteiger partial charge is 0.335 e. The highest BCUT2D eigenvalue weighted by Gasteiger charge is 2.44. The van der Waals surface area contributed by atoms with Crippen LogP contribution in [-0.2, 0) is 25.7 Å². The van der Waals surface area contributed by atoms with Crippen LogP contribution in [0.5, 0.6) is 5.75 Å². The fourth-order valence-corrected chi connectivity index (χ4v) is 6.15. The summed E-state index contributed by atoms with van der Waals surface area (Å²) < 4.78 is 11.1. The SMILES string of the molecule is Cc1ncsc1-c1ccc(CNC(=O)[C@@H]2C[C@@H](O)CN2C(=O)[C@@H](NC(=O)COCCCCOc2ccc(C(=O)O)cc2)C(C)(C)C)cc1. The molecule has 1 saturated heterocycles. The molecule has 3 atom stereocenters. The maximum Gasteiger partial charge on any atom is 0.335 e. The molecule has 48 heavy (non-hydrogen) atoms. The standard InChI is InChI=1S/C35H44N4O8S/c1-22-30(48-21-37-22)24-9-7-23(8-10-24)18-36-32(42)28-17-26(40)19-39(28)33(43)31(35(2,3)4)38-29(41)20-46-15-5-6-16-47-27-13-11-25(12-14-27)34(44)45/h7-14,21,26,28,31,40H,5-6,15-20H2,1-4H3,(H,36,42)(H,38,41)(H,44,45)/t26-,28+,31-/m1/s1. The summed E-state index contributed by atoms with van der Waals surface area (Å²) in [6, 6.07) is 12.2. The van der Waals surface area contributed by atoms with Crippen LogP contribution in [-0.4, -0.2) is 88.3 Å². The van der Waals surface area contributed by atoms with Crippen molar-refractivity contribution in [3.63, 3.8) is 0 Å². The topological polar surface area (TPSA) is 167 Å². The lowest BCUT2D eigenvalue weighted by atomic mass is 9.85. The van der Waals surface area contributed by atoms with Crippen molar-refractivity contribution >= 4 is 35.0 Å². The molecule has 0 spiro atoms. The summed E-state index contributed by atoms with van der Waals surface area (Å²) in [6.07, 6.45) is 0.524. The summed E-state index contributed by atoms with van der Waals surface area (Å²) in [7, 11) is 0. The zero-order valence-electron chi connectivity index (χ0n) is 27.7. The highest BCUT2D eigenvalue weighted by atomic mass is 32.1. The molecular weight excluding hydrogens is 636 g/mol. The number of aromatic nitrogens is 1. The second kappa shape index (κ2) is 16.7. The zero-order valence-corrected chi connectivity index (χ0v) is 28.5. The lowest BCUT2D eigenvalue weighted by Crippen LogP contribution is -2.58. The molecular formula is C35H44N4O8S. The van der Waals surface area contributed by atoms with Crippen molar-refractivity contribution in [1.82, 2.24) is 20.5 Å². The molecule has 2 aromatic carbocycles. The molecule has 0 bridgehead atoms. The molecule has 3 aromatic rings. The quantitative estimate of drug-likeness (QED) is 0.175. The van der Waals surface area contributed by atoms with E-state index in [0.717, 1.165) is 21.7 Å². The number of ether oxygens (including phenoxy) is 2. The van der Waals surface area contributed by atoms with Crippen molar-refractivity contribution in [1.29, 1.82) is 0 Å². The van der Waals surface area contributed by atoms with E-state index in [1.54, 1.807) is 23.5 Å². The van der Waals surface area contributed by atoms with Gasteiger partial charge in [-0.05, 0) is 60.6 Å². The third kappa shape index (κ3) is 10.1. The van der Waals surface area contributed by atoms with Gasteiger partial charge in [0.2, 0.25) is 17.7 Å². The van der Waals surface area contributed by atoms with Crippen molar-refractivity contribution in [2.24, 2.45) is 5.41 Å². The Morgan fingerprint density at radius 1 is 1.04 bits per heavy atom. The second-order valence-electron chi connectivity index (χ2n) is 12.9. The third-order valence-electron chi connectivity index (χ3n) is 8.00. The molecule has 2 heterocycles. The van der Waals surface area contributed by atoms with Crippen molar-refractivity contribution in [3.05, 3.63) is 70.9 Å². The summed E-state index contributed by atoms with van der Waals surface area (Å²) in [5.41, 5.74) is 4.22. The van der Waals surface area contributed by atoms with Crippen molar-refractivity contribution < 1.29 is 38.9 Å². The predicted octanol–water partition coefficient (Wildman–Crippen LogP) is 3.80. The van der Waals surface area contributed by atoms with E-state index in [1.807, 2.05) is 57.5 Å². The number of hydrogen-bond acceptors (Lipinski definition) is 9. The molecule has 258 valence electrons. The zero-order chi connectivity index (χ0) is 34.8. The van der Waals surface area contributed by atoms with Gasteiger partial charge >= 0.3 is 5.97 Å². The molecule has 1 aliphatic rings. The maximum atomic E-state index is 13.8. The van der Waals surface area contributed by atoms with Gasteiger partial charge in [-0.2, -0.15) is 0 Å². The number of β-amino-alcohol motifs (C(OH)–C–C–N with tert-alkyl or cyclic N) is 1. The molecule has 0 saturated carbocycles. The Balaban J connectivity index is 1.23. The first kappa shape index (κ1) is 36.5. The van der Waals surface area contributed by atoms with Gasteiger partial charge in [0.1, 0.15) is 24.4 Å². The Bertz CT molecular complexity index is 1550. The molecule has 0 radical (unpaired) electrons. The van der Waals surface area contributed by atoms with E-state index < -0.39 is 41.4 Å². The lowest BCUT2D eigenvalue weighted by molar-refractivity contribution is -0.144. The number of carboxylic acid groups (broad SMARTS) is 1. The lowest BCUT2D eigenvalue weighted by Gasteiger charge is -2.35. The van der Waals surface area contributed by atoms with E-state index in [4.69, 9.17) is 14.6 Å². The Hall–Kier alpha value is -4.33. The number of nitrogens with one attached hydrogen (secondary N) is 2. The van der Waals surface area contributed by atoms with Crippen LogP contribution >= 0.6 is 11.3 Å². The molecule has 0 aliphatic carbocycles. The van der Waals surface area contributed by atoms with Gasteiger partial charge in [0.15, 0.2) is 0 Å². The number of nitrogens with zero attached hydrogens (tertiary/aromatic N) is 2. The molecule has 1 aliphatic heterocycles. The summed E-state index contributed by atoms with van der Waals surface area (Å²) in [6.45, 7) is 8.15. The van der Waals surface area contributed by atoms with Crippen LogP contribution in [0, 0.1) is 12.3 Å². The Kier molecular flexibility index (Phi) is 12.7. The number of amides is 3. The van der Waals surface area contributed by atoms with Gasteiger partial charge in [-0.3, -0.25) is 14.4 Å². The van der Waals surface area contributed by atoms with Crippen LogP contribution in [0.4, 0.5) is 0 Å². The number of thiazole rings is 1. The van der Waals surface area contributed by atoms with Gasteiger partial charge in [-0.1, -0.05) is 45.0 Å². The van der Waals surface area contributed by atoms with E-state index in [2.05, 4.69) is 15.6 Å². The Labute approximate surface area is 284 Å². The minimum absolute atomic E-state index is 0.00938. The molecule has 3 amide bonds. The first-order valence-corrected chi connectivity index (χ1v) is 16.8. The van der Waals surface area contributed by atoms with E-state index in [1.165, 1.54) is 17.0 Å². The number of unbranched alkanes of at least 4 members (excludes halogenated alkanes) is 1. The molecule has 4 rings (SSSR count). The van der Waals surface area contributed by atoms with E-state index >= 15 is 0 Å². The van der Waals surface area contributed by atoms with E-state index in [-0.39, 0.29) is 37.6 Å². The average Bonchev–Trinajstić information content (AvgIpc) is 3.66. The highest BCUT2D eigenvalue weighted by Crippen LogP contribution is 2.28. The van der Waals surface area contributed by atoms with Crippen LogP contribution in [0.15, 0.2) is 54.0 Å². The summed E-state index contributed by atoms with van der Waals surface area (Å²) in [4.78, 5) is 57.6. The summed E-state index contributed by atoms with van der Waals surface area (Å²) in [5.74, 6) is -1.71. The van der Waals surface area contributed by atoms with Crippen LogP contribution in [0.2, 0.25) is 0 Å². The molecule has 13 heteroatoms. The van der Waals surface area contributed by atoms with Gasteiger partial charge < -0.3 is 35.2 Å². The largest absolute Gasteiger partial charge is 0.494 e. The second-order valence-corrected chi connectivity index (χ2v) is 13.7. The number of carbonyl (C=O) groups is 4. The van der Waals surface area contributed by atoms with Crippen molar-refractivity contribution in [2.45, 2.75) is 71.7 Å². The van der Waals surface area contributed by atoms with Crippen molar-refractivity contribution in [3.8, 4) is 16.2 Å². The van der Waals surface area contributed by atoms with Gasteiger partial charge in [0.05, 0.1) is 34.4 Å². The van der Waals surface area contributed by atoms with Gasteiger partial charge in [-0.25, -0.2) is 9.78 Å². The summed E-state index contributed by atoms with van der Waals surface area (Å²) in [5, 5.41) is 25.1. The summed E-state index contributed by atoms with van der Waals surface area (Å²) >= 11 is 1.57. The molecule has 1 aromatic heterocycles. The van der Waals surface area contributed by atoms with E-state index in [0.29, 0.717) is 31.8 Å². The number of aliphatic hydroxyl groups excluding tert-OH is 1. The number of aliphatic hydroxyl groups is 1. The first-order chi connectivity index (χ1) is 22.8. The fourth-order valence-electron chi connectivity index (χ4n) is 5.34. The van der Waals surface area contributed by atoms with Crippen LogP contribution in [0.3, 0.4) is 0 Å². The highest BCUT2D eigenvalue weighted by molar-refractivity contribution is 7.13. The predicted molar refractivity (Wildman–Crippen MR) is 181 cm³/mol.